The number of hydrogen-bond acceptors (Lipinski definition) is 2. The topological polar surface area (TPSA) is 58.4 Å². The molecule has 3 N–H and O–H groups in total. The highest BCUT2D eigenvalue weighted by Gasteiger charge is 2.16. The normalized spacial score (nSPS) is 19.0. The van der Waals surface area contributed by atoms with Crippen molar-refractivity contribution in [2.45, 2.75) is 51.5 Å². The van der Waals surface area contributed by atoms with Crippen molar-refractivity contribution < 1.29 is 4.79 Å². The van der Waals surface area contributed by atoms with Crippen LogP contribution in [0, 0.1) is 0 Å². The maximum absolute atomic E-state index is 11.9. The summed E-state index contributed by atoms with van der Waals surface area (Å²) in [5.74, 6) is 0. The Balaban J connectivity index is 2.26. The number of amides is 2. The Morgan fingerprint density at radius 3 is 2.50 bits per heavy atom. The molecule has 1 unspecified atom stereocenters. The van der Waals surface area contributed by atoms with Crippen molar-refractivity contribution in [3.63, 3.8) is 0 Å². The molecule has 0 aliphatic carbocycles. The first-order valence-electron chi connectivity index (χ1n) is 6.49. The summed E-state index contributed by atoms with van der Waals surface area (Å²) >= 11 is 0. The number of rotatable bonds is 4. The Labute approximate surface area is 98.6 Å². The highest BCUT2D eigenvalue weighted by molar-refractivity contribution is 5.74. The second-order valence-electron chi connectivity index (χ2n) is 4.68. The summed E-state index contributed by atoms with van der Waals surface area (Å²) in [6.07, 6.45) is 6.74. The number of urea groups is 1. The summed E-state index contributed by atoms with van der Waals surface area (Å²) in [6, 6.07) is 0.339. The minimum atomic E-state index is 0.103. The summed E-state index contributed by atoms with van der Waals surface area (Å²) < 4.78 is 0. The van der Waals surface area contributed by atoms with E-state index >= 15 is 0 Å². The molecule has 1 rings (SSSR count). The largest absolute Gasteiger partial charge is 0.336 e. The molecule has 16 heavy (non-hydrogen) atoms. The first-order valence-corrected chi connectivity index (χ1v) is 6.49. The van der Waals surface area contributed by atoms with E-state index in [2.05, 4.69) is 5.32 Å². The number of likely N-dealkylation sites (tertiary alicyclic amines) is 1. The molecule has 0 aromatic heterocycles. The van der Waals surface area contributed by atoms with Gasteiger partial charge in [0.1, 0.15) is 0 Å². The van der Waals surface area contributed by atoms with Crippen molar-refractivity contribution in [3.8, 4) is 0 Å². The molecule has 94 valence electrons. The zero-order valence-corrected chi connectivity index (χ0v) is 10.4. The van der Waals surface area contributed by atoms with Gasteiger partial charge in [-0.3, -0.25) is 0 Å². The van der Waals surface area contributed by atoms with Gasteiger partial charge in [0, 0.05) is 19.1 Å². The molecule has 0 bridgehead atoms. The zero-order valence-electron chi connectivity index (χ0n) is 10.4. The summed E-state index contributed by atoms with van der Waals surface area (Å²) in [4.78, 5) is 13.9. The van der Waals surface area contributed by atoms with Gasteiger partial charge in [-0.15, -0.1) is 0 Å². The van der Waals surface area contributed by atoms with Gasteiger partial charge in [-0.25, -0.2) is 4.79 Å². The molecule has 2 amide bonds. The number of carbonyl (C=O) groups is 1. The van der Waals surface area contributed by atoms with Crippen molar-refractivity contribution in [2.75, 3.05) is 19.6 Å². The van der Waals surface area contributed by atoms with Crippen LogP contribution in [0.4, 0.5) is 4.79 Å². The van der Waals surface area contributed by atoms with E-state index in [0.29, 0.717) is 6.54 Å². The van der Waals surface area contributed by atoms with Crippen LogP contribution in [-0.2, 0) is 0 Å². The first-order chi connectivity index (χ1) is 7.74. The molecule has 1 heterocycles. The Morgan fingerprint density at radius 1 is 1.31 bits per heavy atom. The fourth-order valence-corrected chi connectivity index (χ4v) is 2.07. The van der Waals surface area contributed by atoms with Crippen LogP contribution in [-0.4, -0.2) is 36.6 Å². The molecule has 1 aliphatic heterocycles. The fraction of sp³-hybridized carbons (Fsp3) is 0.917. The highest BCUT2D eigenvalue weighted by atomic mass is 16.2. The zero-order chi connectivity index (χ0) is 11.8. The van der Waals surface area contributed by atoms with Crippen molar-refractivity contribution in [1.29, 1.82) is 0 Å². The van der Waals surface area contributed by atoms with Crippen LogP contribution in [0.15, 0.2) is 0 Å². The van der Waals surface area contributed by atoms with E-state index in [-0.39, 0.29) is 12.1 Å². The maximum Gasteiger partial charge on any atom is 0.317 e. The summed E-state index contributed by atoms with van der Waals surface area (Å²) in [5, 5.41) is 3.04. The second-order valence-corrected chi connectivity index (χ2v) is 4.68. The molecule has 0 spiro atoms. The predicted molar refractivity (Wildman–Crippen MR) is 66.3 cm³/mol. The number of nitrogens with two attached hydrogens (primary N) is 1. The van der Waals surface area contributed by atoms with Gasteiger partial charge in [0.15, 0.2) is 0 Å². The standard InChI is InChI=1S/C12H25N3O/c1-11(7-6-8-13)14-12(16)15-9-4-2-3-5-10-15/h11H,2-10,13H2,1H3,(H,14,16). The SMILES string of the molecule is CC(CCCN)NC(=O)N1CCCCCC1. The van der Waals surface area contributed by atoms with Crippen LogP contribution in [0.25, 0.3) is 0 Å². The lowest BCUT2D eigenvalue weighted by molar-refractivity contribution is 0.195. The van der Waals surface area contributed by atoms with Crippen LogP contribution in [0.1, 0.15) is 45.4 Å². The predicted octanol–water partition coefficient (Wildman–Crippen LogP) is 1.70. The molecule has 1 atom stereocenters. The van der Waals surface area contributed by atoms with E-state index in [9.17, 15) is 4.79 Å². The third kappa shape index (κ3) is 4.84. The minimum absolute atomic E-state index is 0.103. The third-order valence-corrected chi connectivity index (χ3v) is 3.10. The lowest BCUT2D eigenvalue weighted by atomic mass is 10.2. The van der Waals surface area contributed by atoms with Gasteiger partial charge >= 0.3 is 6.03 Å². The molecule has 4 heteroatoms. The number of carbonyl (C=O) groups excluding carboxylic acids is 1. The van der Waals surface area contributed by atoms with Gasteiger partial charge in [-0.05, 0) is 39.2 Å². The lowest BCUT2D eigenvalue weighted by Gasteiger charge is -2.23. The van der Waals surface area contributed by atoms with E-state index in [0.717, 1.165) is 38.8 Å². The highest BCUT2D eigenvalue weighted by Crippen LogP contribution is 2.09. The Hall–Kier alpha value is -0.770. The first kappa shape index (κ1) is 13.3. The van der Waals surface area contributed by atoms with Crippen LogP contribution in [0.2, 0.25) is 0 Å². The molecule has 0 radical (unpaired) electrons. The van der Waals surface area contributed by atoms with E-state index in [1.807, 2.05) is 11.8 Å². The van der Waals surface area contributed by atoms with Gasteiger partial charge in [0.25, 0.3) is 0 Å². The summed E-state index contributed by atoms with van der Waals surface area (Å²) in [6.45, 7) is 4.57. The molecule has 1 fully saturated rings. The Bertz CT molecular complexity index is 200. The van der Waals surface area contributed by atoms with E-state index in [1.54, 1.807) is 0 Å². The number of hydrogen-bond donors (Lipinski definition) is 2. The van der Waals surface area contributed by atoms with Crippen LogP contribution in [0.3, 0.4) is 0 Å². The molecule has 4 nitrogen and oxygen atoms in total. The average molecular weight is 227 g/mol. The number of nitrogens with zero attached hydrogens (tertiary/aromatic N) is 1. The van der Waals surface area contributed by atoms with Crippen molar-refractivity contribution in [2.24, 2.45) is 5.73 Å². The van der Waals surface area contributed by atoms with Crippen molar-refractivity contribution in [1.82, 2.24) is 10.2 Å². The van der Waals surface area contributed by atoms with Crippen molar-refractivity contribution >= 4 is 6.03 Å². The lowest BCUT2D eigenvalue weighted by Crippen LogP contribution is -2.44. The van der Waals surface area contributed by atoms with E-state index in [1.165, 1.54) is 12.8 Å². The fourth-order valence-electron chi connectivity index (χ4n) is 2.07. The smallest absolute Gasteiger partial charge is 0.317 e. The van der Waals surface area contributed by atoms with Gasteiger partial charge in [0.05, 0.1) is 0 Å². The summed E-state index contributed by atoms with van der Waals surface area (Å²) in [5.41, 5.74) is 5.45. The third-order valence-electron chi connectivity index (χ3n) is 3.10. The number of nitrogens with one attached hydrogen (secondary N) is 1. The monoisotopic (exact) mass is 227 g/mol. The quantitative estimate of drug-likeness (QED) is 0.768. The van der Waals surface area contributed by atoms with Crippen LogP contribution in [0.5, 0.6) is 0 Å². The molecule has 0 saturated carbocycles. The Kier molecular flexibility index (Phi) is 6.23. The molecular weight excluding hydrogens is 202 g/mol. The van der Waals surface area contributed by atoms with Crippen LogP contribution >= 0.6 is 0 Å². The van der Waals surface area contributed by atoms with Gasteiger partial charge in [0.2, 0.25) is 0 Å². The second kappa shape index (κ2) is 7.49. The molecule has 0 aromatic rings. The van der Waals surface area contributed by atoms with Gasteiger partial charge in [-0.2, -0.15) is 0 Å². The maximum atomic E-state index is 11.9. The van der Waals surface area contributed by atoms with Crippen LogP contribution < -0.4 is 11.1 Å². The van der Waals surface area contributed by atoms with Gasteiger partial charge < -0.3 is 16.0 Å². The van der Waals surface area contributed by atoms with E-state index < -0.39 is 0 Å². The van der Waals surface area contributed by atoms with Gasteiger partial charge in [-0.1, -0.05) is 12.8 Å². The Morgan fingerprint density at radius 2 is 1.94 bits per heavy atom. The molecule has 1 saturated heterocycles. The molecule has 1 aliphatic rings. The molecule has 0 aromatic carbocycles. The summed E-state index contributed by atoms with van der Waals surface area (Å²) in [7, 11) is 0. The minimum Gasteiger partial charge on any atom is -0.336 e. The average Bonchev–Trinajstić information content (AvgIpc) is 2.54. The molecular formula is C12H25N3O. The van der Waals surface area contributed by atoms with E-state index in [4.69, 9.17) is 5.73 Å². The van der Waals surface area contributed by atoms with Crippen molar-refractivity contribution in [3.05, 3.63) is 0 Å².